The summed E-state index contributed by atoms with van der Waals surface area (Å²) in [6.07, 6.45) is 8.26. The van der Waals surface area contributed by atoms with Gasteiger partial charge in [-0.3, -0.25) is 9.48 Å². The molecule has 1 saturated carbocycles. The molecule has 0 radical (unpaired) electrons. The van der Waals surface area contributed by atoms with Crippen molar-refractivity contribution in [3.63, 3.8) is 0 Å². The first kappa shape index (κ1) is 22.0. The number of amides is 1. The maximum Gasteiger partial charge on any atom is 0.272 e. The molecule has 6 nitrogen and oxygen atoms in total. The minimum absolute atomic E-state index is 0.139. The van der Waals surface area contributed by atoms with Gasteiger partial charge < -0.3 is 15.0 Å². The van der Waals surface area contributed by atoms with E-state index in [1.807, 2.05) is 4.68 Å². The number of rotatable bonds is 8. The molecule has 1 aliphatic carbocycles. The van der Waals surface area contributed by atoms with Gasteiger partial charge in [0.1, 0.15) is 5.82 Å². The summed E-state index contributed by atoms with van der Waals surface area (Å²) in [6, 6.07) is 7.10. The second-order valence-corrected chi connectivity index (χ2v) is 8.74. The smallest absolute Gasteiger partial charge is 0.272 e. The predicted octanol–water partition coefficient (Wildman–Crippen LogP) is 3.53. The highest BCUT2D eigenvalue weighted by Gasteiger charge is 2.25. The highest BCUT2D eigenvalue weighted by Crippen LogP contribution is 2.23. The van der Waals surface area contributed by atoms with Crippen molar-refractivity contribution in [3.8, 4) is 0 Å². The molecule has 4 rings (SSSR count). The third kappa shape index (κ3) is 5.52. The Kier molecular flexibility index (Phi) is 7.35. The predicted molar refractivity (Wildman–Crippen MR) is 118 cm³/mol. The minimum atomic E-state index is -0.256. The Morgan fingerprint density at radius 2 is 2.03 bits per heavy atom. The number of hydrogen-bond donors (Lipinski definition) is 1. The van der Waals surface area contributed by atoms with Gasteiger partial charge in [-0.2, -0.15) is 5.10 Å². The molecule has 0 bridgehead atoms. The average Bonchev–Trinajstić information content (AvgIpc) is 3.17. The Morgan fingerprint density at radius 3 is 2.81 bits per heavy atom. The van der Waals surface area contributed by atoms with Crippen molar-refractivity contribution < 1.29 is 13.9 Å². The molecule has 31 heavy (non-hydrogen) atoms. The van der Waals surface area contributed by atoms with Crippen molar-refractivity contribution in [1.82, 2.24) is 20.0 Å². The van der Waals surface area contributed by atoms with Crippen LogP contribution in [-0.2, 0) is 24.3 Å². The first-order valence-corrected chi connectivity index (χ1v) is 11.5. The number of halogens is 1. The molecule has 1 fully saturated rings. The van der Waals surface area contributed by atoms with Gasteiger partial charge in [-0.1, -0.05) is 31.4 Å². The third-order valence-electron chi connectivity index (χ3n) is 6.53. The number of nitrogens with zero attached hydrogens (tertiary/aromatic N) is 3. The molecule has 2 aromatic rings. The molecule has 1 amide bonds. The fourth-order valence-corrected chi connectivity index (χ4v) is 4.70. The Balaban J connectivity index is 1.35. The molecule has 0 saturated heterocycles. The summed E-state index contributed by atoms with van der Waals surface area (Å²) in [5.41, 5.74) is 3.33. The van der Waals surface area contributed by atoms with Crippen LogP contribution in [0.5, 0.6) is 0 Å². The van der Waals surface area contributed by atoms with Gasteiger partial charge in [0.2, 0.25) is 0 Å². The van der Waals surface area contributed by atoms with Crippen LogP contribution < -0.4 is 5.32 Å². The fourth-order valence-electron chi connectivity index (χ4n) is 4.70. The lowest BCUT2D eigenvalue weighted by Gasteiger charge is -2.31. The van der Waals surface area contributed by atoms with E-state index in [2.05, 4.69) is 22.4 Å². The lowest BCUT2D eigenvalue weighted by atomic mass is 9.94. The minimum Gasteiger partial charge on any atom is -0.376 e. The zero-order valence-electron chi connectivity index (χ0n) is 18.4. The Labute approximate surface area is 183 Å². The SMILES string of the molecule is CN(CCCNC(=O)c1nn(Cc2ccc(F)cc2)c2c1COCC2)C1CCCCC1. The number of benzene rings is 1. The van der Waals surface area contributed by atoms with Crippen LogP contribution in [0.2, 0.25) is 0 Å². The molecule has 0 atom stereocenters. The quantitative estimate of drug-likeness (QED) is 0.654. The van der Waals surface area contributed by atoms with E-state index < -0.39 is 0 Å². The number of carbonyl (C=O) groups excluding carboxylic acids is 1. The lowest BCUT2D eigenvalue weighted by Crippen LogP contribution is -2.36. The number of nitrogens with one attached hydrogen (secondary N) is 1. The van der Waals surface area contributed by atoms with Crippen molar-refractivity contribution in [2.45, 2.75) is 64.1 Å². The molecular formula is C24H33FN4O2. The summed E-state index contributed by atoms with van der Waals surface area (Å²) in [4.78, 5) is 15.3. The van der Waals surface area contributed by atoms with Crippen LogP contribution >= 0.6 is 0 Å². The van der Waals surface area contributed by atoms with E-state index in [0.717, 1.165) is 36.2 Å². The van der Waals surface area contributed by atoms with Crippen LogP contribution in [0.1, 0.15) is 65.8 Å². The molecule has 1 aliphatic heterocycles. The summed E-state index contributed by atoms with van der Waals surface area (Å²) in [6.45, 7) is 3.17. The topological polar surface area (TPSA) is 59.4 Å². The summed E-state index contributed by atoms with van der Waals surface area (Å²) < 4.78 is 20.7. The maximum atomic E-state index is 13.2. The molecule has 0 spiro atoms. The fraction of sp³-hybridized carbons (Fsp3) is 0.583. The second-order valence-electron chi connectivity index (χ2n) is 8.74. The zero-order valence-corrected chi connectivity index (χ0v) is 18.4. The number of hydrogen-bond acceptors (Lipinski definition) is 4. The molecule has 1 aromatic carbocycles. The molecule has 168 valence electrons. The van der Waals surface area contributed by atoms with Gasteiger partial charge in [-0.25, -0.2) is 4.39 Å². The summed E-state index contributed by atoms with van der Waals surface area (Å²) in [7, 11) is 2.20. The summed E-state index contributed by atoms with van der Waals surface area (Å²) >= 11 is 0. The summed E-state index contributed by atoms with van der Waals surface area (Å²) in [5, 5.41) is 7.66. The van der Waals surface area contributed by atoms with E-state index in [9.17, 15) is 9.18 Å². The number of fused-ring (bicyclic) bond motifs is 1. The number of aromatic nitrogens is 2. The van der Waals surface area contributed by atoms with Crippen molar-refractivity contribution in [1.29, 1.82) is 0 Å². The normalized spacial score (nSPS) is 17.0. The van der Waals surface area contributed by atoms with Gasteiger partial charge in [0.25, 0.3) is 5.91 Å². The van der Waals surface area contributed by atoms with Crippen LogP contribution in [-0.4, -0.2) is 53.4 Å². The molecular weight excluding hydrogens is 395 g/mol. The Bertz CT molecular complexity index is 874. The van der Waals surface area contributed by atoms with E-state index in [4.69, 9.17) is 4.74 Å². The van der Waals surface area contributed by atoms with E-state index in [1.54, 1.807) is 12.1 Å². The highest BCUT2D eigenvalue weighted by atomic mass is 19.1. The van der Waals surface area contributed by atoms with E-state index in [0.29, 0.717) is 38.0 Å². The van der Waals surface area contributed by atoms with Crippen molar-refractivity contribution in [3.05, 3.63) is 52.6 Å². The third-order valence-corrected chi connectivity index (χ3v) is 6.53. The molecule has 7 heteroatoms. The standard InChI is InChI=1S/C24H33FN4O2/c1-28(20-6-3-2-4-7-20)14-5-13-26-24(30)23-21-17-31-15-12-22(21)29(27-23)16-18-8-10-19(25)11-9-18/h8-11,20H,2-7,12-17H2,1H3,(H,26,30). The Morgan fingerprint density at radius 1 is 1.26 bits per heavy atom. The largest absolute Gasteiger partial charge is 0.376 e. The highest BCUT2D eigenvalue weighted by molar-refractivity contribution is 5.94. The van der Waals surface area contributed by atoms with Crippen LogP contribution in [0.15, 0.2) is 24.3 Å². The van der Waals surface area contributed by atoms with Gasteiger partial charge in [0, 0.05) is 30.3 Å². The molecule has 0 unspecified atom stereocenters. The first-order chi connectivity index (χ1) is 15.1. The maximum absolute atomic E-state index is 13.2. The van der Waals surface area contributed by atoms with Crippen molar-refractivity contribution in [2.75, 3.05) is 26.7 Å². The lowest BCUT2D eigenvalue weighted by molar-refractivity contribution is 0.0922. The first-order valence-electron chi connectivity index (χ1n) is 11.5. The molecule has 2 heterocycles. The van der Waals surface area contributed by atoms with Gasteiger partial charge in [-0.15, -0.1) is 0 Å². The average molecular weight is 429 g/mol. The van der Waals surface area contributed by atoms with E-state index in [-0.39, 0.29) is 11.7 Å². The second kappa shape index (κ2) is 10.4. The van der Waals surface area contributed by atoms with Gasteiger partial charge in [-0.05, 0) is 50.6 Å². The zero-order chi connectivity index (χ0) is 21.6. The Hall–Kier alpha value is -2.25. The van der Waals surface area contributed by atoms with Crippen molar-refractivity contribution >= 4 is 5.91 Å². The van der Waals surface area contributed by atoms with Gasteiger partial charge in [0.15, 0.2) is 5.69 Å². The number of ether oxygens (including phenoxy) is 1. The van der Waals surface area contributed by atoms with Crippen LogP contribution in [0.3, 0.4) is 0 Å². The monoisotopic (exact) mass is 428 g/mol. The van der Waals surface area contributed by atoms with Gasteiger partial charge >= 0.3 is 0 Å². The molecule has 1 aromatic heterocycles. The summed E-state index contributed by atoms with van der Waals surface area (Å²) in [5.74, 6) is -0.395. The van der Waals surface area contributed by atoms with Crippen LogP contribution in [0.4, 0.5) is 4.39 Å². The molecule has 1 N–H and O–H groups in total. The van der Waals surface area contributed by atoms with E-state index >= 15 is 0 Å². The number of carbonyl (C=O) groups is 1. The van der Waals surface area contributed by atoms with Crippen molar-refractivity contribution in [2.24, 2.45) is 0 Å². The molecule has 2 aliphatic rings. The van der Waals surface area contributed by atoms with Crippen LogP contribution in [0, 0.1) is 5.82 Å². The van der Waals surface area contributed by atoms with E-state index in [1.165, 1.54) is 44.2 Å². The van der Waals surface area contributed by atoms with Crippen LogP contribution in [0.25, 0.3) is 0 Å². The van der Waals surface area contributed by atoms with Gasteiger partial charge in [0.05, 0.1) is 19.8 Å².